The molecule has 1 aromatic carbocycles. The van der Waals surface area contributed by atoms with Crippen LogP contribution in [0.4, 0.5) is 0 Å². The average molecular weight is 339 g/mol. The second-order valence-corrected chi connectivity index (χ2v) is 5.22. The first-order valence-electron chi connectivity index (χ1n) is 5.13. The summed E-state index contributed by atoms with van der Waals surface area (Å²) >= 11 is 3.21. The minimum absolute atomic E-state index is 0. The minimum atomic E-state index is -0.910. The Labute approximate surface area is 121 Å². The van der Waals surface area contributed by atoms with Crippen LogP contribution in [0.5, 0.6) is 5.75 Å². The molecule has 4 nitrogen and oxygen atoms in total. The molecule has 18 heavy (non-hydrogen) atoms. The molecule has 0 aliphatic carbocycles. The molecule has 0 aliphatic heterocycles. The van der Waals surface area contributed by atoms with E-state index < -0.39 is 17.4 Å². The van der Waals surface area contributed by atoms with E-state index in [1.807, 2.05) is 0 Å². The van der Waals surface area contributed by atoms with Crippen molar-refractivity contribution in [1.82, 2.24) is 0 Å². The summed E-state index contributed by atoms with van der Waals surface area (Å²) in [5, 5.41) is 9.91. The molecule has 0 saturated carbocycles. The molecule has 0 heterocycles. The van der Waals surface area contributed by atoms with E-state index >= 15 is 0 Å². The number of aromatic hydroxyl groups is 1. The van der Waals surface area contributed by atoms with Crippen LogP contribution >= 0.6 is 28.3 Å². The number of methoxy groups -OCH3 is 1. The van der Waals surface area contributed by atoms with Crippen LogP contribution in [0.2, 0.25) is 0 Å². The second-order valence-electron chi connectivity index (χ2n) is 4.37. The fourth-order valence-corrected chi connectivity index (χ4v) is 1.94. The van der Waals surface area contributed by atoms with Gasteiger partial charge in [-0.2, -0.15) is 0 Å². The van der Waals surface area contributed by atoms with Crippen LogP contribution in [0.3, 0.4) is 0 Å². The summed E-state index contributed by atoms with van der Waals surface area (Å²) in [7, 11) is 1.32. The zero-order chi connectivity index (χ0) is 13.2. The molecule has 3 N–H and O–H groups in total. The molecule has 0 aromatic heterocycles. The van der Waals surface area contributed by atoms with E-state index in [-0.39, 0.29) is 18.2 Å². The van der Waals surface area contributed by atoms with E-state index in [1.54, 1.807) is 32.0 Å². The number of carbonyl (C=O) groups excluding carboxylic acids is 1. The molecule has 102 valence electrons. The van der Waals surface area contributed by atoms with Crippen LogP contribution in [-0.2, 0) is 9.53 Å². The standard InChI is InChI=1S/C12H16BrNO3.ClH/c1-12(2,11(16)17-3)10(14)7-5-4-6-8(13)9(7)15;/h4-6,10,15H,14H2,1-3H3;1H/t10-;/m0./s1. The van der Waals surface area contributed by atoms with Gasteiger partial charge < -0.3 is 15.6 Å². The number of halogens is 2. The number of rotatable bonds is 3. The first-order chi connectivity index (χ1) is 7.82. The summed E-state index contributed by atoms with van der Waals surface area (Å²) in [4.78, 5) is 11.6. The van der Waals surface area contributed by atoms with Crippen molar-refractivity contribution >= 4 is 34.3 Å². The molecule has 0 bridgehead atoms. The Bertz CT molecular complexity index is 437. The Kier molecular flexibility index (Phi) is 6.13. The maximum absolute atomic E-state index is 11.6. The lowest BCUT2D eigenvalue weighted by Crippen LogP contribution is -2.37. The van der Waals surface area contributed by atoms with Gasteiger partial charge in [-0.1, -0.05) is 12.1 Å². The highest BCUT2D eigenvalue weighted by molar-refractivity contribution is 9.10. The topological polar surface area (TPSA) is 72.5 Å². The number of ether oxygens (including phenoxy) is 1. The Morgan fingerprint density at radius 3 is 2.56 bits per heavy atom. The van der Waals surface area contributed by atoms with Crippen LogP contribution in [0.25, 0.3) is 0 Å². The van der Waals surface area contributed by atoms with Gasteiger partial charge in [0.2, 0.25) is 0 Å². The van der Waals surface area contributed by atoms with Gasteiger partial charge in [0.15, 0.2) is 0 Å². The normalized spacial score (nSPS) is 12.5. The van der Waals surface area contributed by atoms with E-state index in [1.165, 1.54) is 7.11 Å². The number of esters is 1. The second kappa shape index (κ2) is 6.41. The predicted molar refractivity (Wildman–Crippen MR) is 75.8 cm³/mol. The molecule has 0 spiro atoms. The van der Waals surface area contributed by atoms with Crippen LogP contribution in [-0.4, -0.2) is 18.2 Å². The SMILES string of the molecule is COC(=O)C(C)(C)[C@@H](N)c1cccc(Br)c1O.Cl. The van der Waals surface area contributed by atoms with Gasteiger partial charge in [-0.15, -0.1) is 12.4 Å². The van der Waals surface area contributed by atoms with Crippen molar-refractivity contribution in [2.75, 3.05) is 7.11 Å². The molecule has 0 radical (unpaired) electrons. The van der Waals surface area contributed by atoms with E-state index in [0.29, 0.717) is 10.0 Å². The number of phenolic OH excluding ortho intramolecular Hbond substituents is 1. The average Bonchev–Trinajstić information content (AvgIpc) is 2.30. The van der Waals surface area contributed by atoms with Gasteiger partial charge in [0, 0.05) is 11.6 Å². The molecule has 1 atom stereocenters. The number of hydrogen-bond acceptors (Lipinski definition) is 4. The van der Waals surface area contributed by atoms with Gasteiger partial charge in [-0.3, -0.25) is 4.79 Å². The van der Waals surface area contributed by atoms with Gasteiger partial charge in [0.1, 0.15) is 5.75 Å². The van der Waals surface area contributed by atoms with Crippen molar-refractivity contribution in [1.29, 1.82) is 0 Å². The Morgan fingerprint density at radius 2 is 2.06 bits per heavy atom. The molecule has 0 amide bonds. The molecule has 6 heteroatoms. The summed E-state index contributed by atoms with van der Waals surface area (Å²) < 4.78 is 5.26. The third-order valence-corrected chi connectivity index (χ3v) is 3.48. The zero-order valence-electron chi connectivity index (χ0n) is 10.4. The number of para-hydroxylation sites is 1. The van der Waals surface area contributed by atoms with Crippen molar-refractivity contribution in [3.05, 3.63) is 28.2 Å². The first kappa shape index (κ1) is 17.2. The number of benzene rings is 1. The minimum Gasteiger partial charge on any atom is -0.506 e. The summed E-state index contributed by atoms with van der Waals surface area (Å²) in [5.74, 6) is -0.360. The monoisotopic (exact) mass is 337 g/mol. The van der Waals surface area contributed by atoms with Gasteiger partial charge in [0.05, 0.1) is 17.0 Å². The van der Waals surface area contributed by atoms with Crippen molar-refractivity contribution < 1.29 is 14.6 Å². The van der Waals surface area contributed by atoms with Gasteiger partial charge >= 0.3 is 5.97 Å². The number of nitrogens with two attached hydrogens (primary N) is 1. The Hall–Kier alpha value is -0.780. The summed E-state index contributed by atoms with van der Waals surface area (Å²) in [6.45, 7) is 3.37. The van der Waals surface area contributed by atoms with Crippen LogP contribution in [0, 0.1) is 5.41 Å². The van der Waals surface area contributed by atoms with Crippen molar-refractivity contribution in [2.45, 2.75) is 19.9 Å². The third kappa shape index (κ3) is 3.16. The molecule has 0 saturated heterocycles. The summed E-state index contributed by atoms with van der Waals surface area (Å²) in [5.41, 5.74) is 5.64. The summed E-state index contributed by atoms with van der Waals surface area (Å²) in [6.07, 6.45) is 0. The number of phenols is 1. The molecule has 0 fully saturated rings. The summed E-state index contributed by atoms with van der Waals surface area (Å²) in [6, 6.07) is 4.51. The maximum atomic E-state index is 11.6. The van der Waals surface area contributed by atoms with Gasteiger partial charge in [-0.05, 0) is 35.8 Å². The molecular weight excluding hydrogens is 321 g/mol. The molecular formula is C12H17BrClNO3. The third-order valence-electron chi connectivity index (χ3n) is 2.84. The first-order valence-corrected chi connectivity index (χ1v) is 5.93. The lowest BCUT2D eigenvalue weighted by atomic mass is 9.81. The highest BCUT2D eigenvalue weighted by atomic mass is 79.9. The fourth-order valence-electron chi connectivity index (χ4n) is 1.56. The lowest BCUT2D eigenvalue weighted by Gasteiger charge is -2.29. The molecule has 1 aromatic rings. The lowest BCUT2D eigenvalue weighted by molar-refractivity contribution is -0.152. The smallest absolute Gasteiger partial charge is 0.313 e. The number of carbonyl (C=O) groups is 1. The Balaban J connectivity index is 0.00000289. The van der Waals surface area contributed by atoms with Crippen LogP contribution in [0.1, 0.15) is 25.5 Å². The van der Waals surface area contributed by atoms with Crippen molar-refractivity contribution in [3.63, 3.8) is 0 Å². The van der Waals surface area contributed by atoms with Crippen molar-refractivity contribution in [3.8, 4) is 5.75 Å². The van der Waals surface area contributed by atoms with E-state index in [2.05, 4.69) is 15.9 Å². The number of hydrogen-bond donors (Lipinski definition) is 2. The van der Waals surface area contributed by atoms with Gasteiger partial charge in [0.25, 0.3) is 0 Å². The molecule has 1 rings (SSSR count). The quantitative estimate of drug-likeness (QED) is 0.831. The highest BCUT2D eigenvalue weighted by Crippen LogP contribution is 2.39. The highest BCUT2D eigenvalue weighted by Gasteiger charge is 2.37. The maximum Gasteiger partial charge on any atom is 0.313 e. The van der Waals surface area contributed by atoms with E-state index in [4.69, 9.17) is 10.5 Å². The Morgan fingerprint density at radius 1 is 1.50 bits per heavy atom. The largest absolute Gasteiger partial charge is 0.506 e. The van der Waals surface area contributed by atoms with Crippen molar-refractivity contribution in [2.24, 2.45) is 11.1 Å². The zero-order valence-corrected chi connectivity index (χ0v) is 12.8. The van der Waals surface area contributed by atoms with Gasteiger partial charge in [-0.25, -0.2) is 0 Å². The van der Waals surface area contributed by atoms with Crippen LogP contribution in [0.15, 0.2) is 22.7 Å². The van der Waals surface area contributed by atoms with E-state index in [0.717, 1.165) is 0 Å². The molecule has 0 unspecified atom stereocenters. The fraction of sp³-hybridized carbons (Fsp3) is 0.417. The van der Waals surface area contributed by atoms with Crippen LogP contribution < -0.4 is 5.73 Å². The molecule has 0 aliphatic rings. The predicted octanol–water partition coefficient (Wildman–Crippen LogP) is 2.78. The van der Waals surface area contributed by atoms with E-state index in [9.17, 15) is 9.90 Å².